The Bertz CT molecular complexity index is 461. The fourth-order valence-corrected chi connectivity index (χ4v) is 1.22. The Kier molecular flexibility index (Phi) is 1.88. The third-order valence-electron chi connectivity index (χ3n) is 1.95. The maximum atomic E-state index is 5.51. The van der Waals surface area contributed by atoms with Gasteiger partial charge in [0.2, 0.25) is 5.95 Å². The van der Waals surface area contributed by atoms with Crippen molar-refractivity contribution >= 4 is 5.95 Å². The van der Waals surface area contributed by atoms with Gasteiger partial charge in [0.25, 0.3) is 0 Å². The van der Waals surface area contributed by atoms with Gasteiger partial charge in [-0.2, -0.15) is 0 Å². The van der Waals surface area contributed by atoms with Crippen molar-refractivity contribution in [2.45, 2.75) is 6.92 Å². The van der Waals surface area contributed by atoms with Gasteiger partial charge in [-0.15, -0.1) is 5.10 Å². The Hall–Kier alpha value is -1.98. The highest BCUT2D eigenvalue weighted by molar-refractivity contribution is 5.58. The molecule has 0 amide bonds. The van der Waals surface area contributed by atoms with Crippen LogP contribution in [0.5, 0.6) is 0 Å². The van der Waals surface area contributed by atoms with E-state index in [-0.39, 0.29) is 5.95 Å². The first-order valence-electron chi connectivity index (χ1n) is 4.12. The molecule has 0 aromatic carbocycles. The maximum Gasteiger partial charge on any atom is 0.220 e. The van der Waals surface area contributed by atoms with Crippen molar-refractivity contribution in [1.82, 2.24) is 25.0 Å². The number of nitrogens with two attached hydrogens (primary N) is 1. The summed E-state index contributed by atoms with van der Waals surface area (Å²) in [6, 6.07) is 0. The van der Waals surface area contributed by atoms with Crippen LogP contribution in [0.1, 0.15) is 5.56 Å². The first-order valence-corrected chi connectivity index (χ1v) is 4.12. The molecule has 6 nitrogen and oxygen atoms in total. The molecule has 0 saturated carbocycles. The van der Waals surface area contributed by atoms with Crippen LogP contribution in [0.25, 0.3) is 11.4 Å². The molecule has 6 heteroatoms. The second-order valence-electron chi connectivity index (χ2n) is 3.00. The lowest BCUT2D eigenvalue weighted by Crippen LogP contribution is -2.01. The highest BCUT2D eigenvalue weighted by Crippen LogP contribution is 2.18. The second-order valence-corrected chi connectivity index (χ2v) is 3.00. The molecule has 2 aromatic rings. The molecule has 2 aromatic heterocycles. The van der Waals surface area contributed by atoms with Crippen molar-refractivity contribution in [3.63, 3.8) is 0 Å². The molecule has 72 valence electrons. The summed E-state index contributed by atoms with van der Waals surface area (Å²) in [6.07, 6.45) is 3.33. The van der Waals surface area contributed by atoms with Gasteiger partial charge in [0.05, 0.1) is 11.9 Å². The van der Waals surface area contributed by atoms with Crippen LogP contribution < -0.4 is 5.73 Å². The van der Waals surface area contributed by atoms with Crippen molar-refractivity contribution in [2.75, 3.05) is 5.73 Å². The Morgan fingerprint density at radius 2 is 2.14 bits per heavy atom. The predicted molar refractivity (Wildman–Crippen MR) is 51.2 cm³/mol. The molecule has 0 spiro atoms. The van der Waals surface area contributed by atoms with Crippen LogP contribution in [-0.2, 0) is 7.05 Å². The molecule has 2 N–H and O–H groups in total. The molecule has 0 aliphatic carbocycles. The fraction of sp³-hybridized carbons (Fsp3) is 0.250. The van der Waals surface area contributed by atoms with Gasteiger partial charge < -0.3 is 5.73 Å². The lowest BCUT2D eigenvalue weighted by Gasteiger charge is -2.03. The molecule has 0 radical (unpaired) electrons. The lowest BCUT2D eigenvalue weighted by molar-refractivity contribution is 0.718. The second kappa shape index (κ2) is 3.06. The Balaban J connectivity index is 2.62. The Morgan fingerprint density at radius 1 is 1.36 bits per heavy atom. The molecular formula is C8H10N6. The van der Waals surface area contributed by atoms with Crippen LogP contribution in [0, 0.1) is 6.92 Å². The molecule has 0 unspecified atom stereocenters. The molecule has 0 fully saturated rings. The average molecular weight is 190 g/mol. The number of nitrogen functional groups attached to an aromatic ring is 1. The quantitative estimate of drug-likeness (QED) is 0.692. The molecule has 0 aliphatic heterocycles. The summed E-state index contributed by atoms with van der Waals surface area (Å²) in [6.45, 7) is 1.92. The summed E-state index contributed by atoms with van der Waals surface area (Å²) in [5.74, 6) is 0.256. The summed E-state index contributed by atoms with van der Waals surface area (Å²) in [7, 11) is 1.81. The molecule has 0 bridgehead atoms. The van der Waals surface area contributed by atoms with Gasteiger partial charge in [-0.25, -0.2) is 14.6 Å². The fourth-order valence-electron chi connectivity index (χ4n) is 1.22. The summed E-state index contributed by atoms with van der Waals surface area (Å²) in [5, 5.41) is 7.61. The summed E-state index contributed by atoms with van der Waals surface area (Å²) in [4.78, 5) is 8.04. The zero-order valence-electron chi connectivity index (χ0n) is 7.97. The first kappa shape index (κ1) is 8.61. The van der Waals surface area contributed by atoms with Crippen LogP contribution in [0.4, 0.5) is 5.95 Å². The number of nitrogens with zero attached hydrogens (tertiary/aromatic N) is 5. The van der Waals surface area contributed by atoms with Gasteiger partial charge >= 0.3 is 0 Å². The third-order valence-corrected chi connectivity index (χ3v) is 1.95. The number of anilines is 1. The van der Waals surface area contributed by atoms with E-state index in [2.05, 4.69) is 20.3 Å². The van der Waals surface area contributed by atoms with Gasteiger partial charge in [0.15, 0.2) is 0 Å². The van der Waals surface area contributed by atoms with E-state index in [9.17, 15) is 0 Å². The van der Waals surface area contributed by atoms with Crippen molar-refractivity contribution in [2.24, 2.45) is 7.05 Å². The summed E-state index contributed by atoms with van der Waals surface area (Å²) >= 11 is 0. The smallest absolute Gasteiger partial charge is 0.220 e. The van der Waals surface area contributed by atoms with E-state index < -0.39 is 0 Å². The minimum Gasteiger partial charge on any atom is -0.368 e. The average Bonchev–Trinajstić information content (AvgIpc) is 2.56. The van der Waals surface area contributed by atoms with E-state index in [0.29, 0.717) is 0 Å². The van der Waals surface area contributed by atoms with E-state index in [1.165, 1.54) is 0 Å². The summed E-state index contributed by atoms with van der Waals surface area (Å²) in [5.41, 5.74) is 8.06. The third kappa shape index (κ3) is 1.30. The zero-order chi connectivity index (χ0) is 10.1. The highest BCUT2D eigenvalue weighted by atomic mass is 15.4. The Morgan fingerprint density at radius 3 is 2.79 bits per heavy atom. The van der Waals surface area contributed by atoms with Gasteiger partial charge in [-0.1, -0.05) is 5.21 Å². The normalized spacial score (nSPS) is 10.4. The van der Waals surface area contributed by atoms with E-state index in [1.54, 1.807) is 24.1 Å². The Labute approximate surface area is 80.8 Å². The first-order chi connectivity index (χ1) is 6.68. The van der Waals surface area contributed by atoms with Crippen LogP contribution in [0.3, 0.4) is 0 Å². The van der Waals surface area contributed by atoms with Gasteiger partial charge in [-0.05, 0) is 12.5 Å². The van der Waals surface area contributed by atoms with E-state index in [4.69, 9.17) is 5.73 Å². The van der Waals surface area contributed by atoms with Gasteiger partial charge in [0, 0.05) is 13.2 Å². The monoisotopic (exact) mass is 190 g/mol. The van der Waals surface area contributed by atoms with Crippen LogP contribution in [-0.4, -0.2) is 25.0 Å². The molecule has 0 saturated heterocycles. The largest absolute Gasteiger partial charge is 0.368 e. The SMILES string of the molecule is Cc1cnc(N)nc1-c1cnnn1C. The van der Waals surface area contributed by atoms with Crippen LogP contribution in [0.2, 0.25) is 0 Å². The van der Waals surface area contributed by atoms with E-state index in [0.717, 1.165) is 17.0 Å². The van der Waals surface area contributed by atoms with E-state index in [1.807, 2.05) is 6.92 Å². The maximum absolute atomic E-state index is 5.51. The predicted octanol–water partition coefficient (Wildman–Crippen LogP) is 0.163. The van der Waals surface area contributed by atoms with Crippen molar-refractivity contribution in [3.05, 3.63) is 18.0 Å². The number of hydrogen-bond donors (Lipinski definition) is 1. The number of aryl methyl sites for hydroxylation is 2. The molecule has 2 heterocycles. The number of aromatic nitrogens is 5. The van der Waals surface area contributed by atoms with Gasteiger partial charge in [0.1, 0.15) is 5.69 Å². The van der Waals surface area contributed by atoms with Crippen LogP contribution >= 0.6 is 0 Å². The number of hydrogen-bond acceptors (Lipinski definition) is 5. The van der Waals surface area contributed by atoms with Crippen molar-refractivity contribution in [1.29, 1.82) is 0 Å². The lowest BCUT2D eigenvalue weighted by atomic mass is 10.2. The topological polar surface area (TPSA) is 82.5 Å². The molecule has 0 atom stereocenters. The standard InChI is InChI=1S/C8H10N6/c1-5-3-10-8(9)12-7(5)6-4-11-13-14(6)2/h3-4H,1-2H3,(H2,9,10,12). The van der Waals surface area contributed by atoms with Crippen LogP contribution in [0.15, 0.2) is 12.4 Å². The van der Waals surface area contributed by atoms with Crippen molar-refractivity contribution < 1.29 is 0 Å². The molecule has 0 aliphatic rings. The minimum atomic E-state index is 0.256. The molecule has 14 heavy (non-hydrogen) atoms. The molecule has 2 rings (SSSR count). The van der Waals surface area contributed by atoms with Gasteiger partial charge in [-0.3, -0.25) is 0 Å². The van der Waals surface area contributed by atoms with E-state index >= 15 is 0 Å². The minimum absolute atomic E-state index is 0.256. The number of rotatable bonds is 1. The van der Waals surface area contributed by atoms with Crippen molar-refractivity contribution in [3.8, 4) is 11.4 Å². The zero-order valence-corrected chi connectivity index (χ0v) is 7.97. The molecular weight excluding hydrogens is 180 g/mol. The highest BCUT2D eigenvalue weighted by Gasteiger charge is 2.09. The summed E-state index contributed by atoms with van der Waals surface area (Å²) < 4.78 is 1.65.